The molecule has 0 atom stereocenters. The summed E-state index contributed by atoms with van der Waals surface area (Å²) in [7, 11) is 0. The van der Waals surface area contributed by atoms with Crippen molar-refractivity contribution >= 4 is 55.7 Å². The van der Waals surface area contributed by atoms with Crippen LogP contribution in [-0.4, -0.2) is 0 Å². The molecule has 0 heterocycles. The standard InChI is InChI=1S/C71H52N2/c1-71(2)66-39-23-22-37-61(66)62-42-41-56(47-67(62)71)73(68-43-40-50-26-18-19-35-59(50)70(68)52-29-12-5-13-30-52)58-45-53(44-57(46-58)72(54-31-14-6-15-32-54)55-33-16-7-17-34-55)65-48-64(49-24-8-3-9-25-49)60-36-20-21-38-63(60)69(65)51-27-10-4-11-28-51/h3-48H,1-2H3. The van der Waals surface area contributed by atoms with E-state index < -0.39 is 0 Å². The highest BCUT2D eigenvalue weighted by Gasteiger charge is 2.36. The number of anilines is 6. The maximum Gasteiger partial charge on any atom is 0.0546 e. The Balaban J connectivity index is 1.17. The first-order valence-electron chi connectivity index (χ1n) is 25.3. The first kappa shape index (κ1) is 43.8. The van der Waals surface area contributed by atoms with E-state index in [9.17, 15) is 0 Å². The predicted octanol–water partition coefficient (Wildman–Crippen LogP) is 19.9. The molecule has 0 saturated carbocycles. The van der Waals surface area contributed by atoms with Crippen molar-refractivity contribution in [1.29, 1.82) is 0 Å². The predicted molar refractivity (Wildman–Crippen MR) is 310 cm³/mol. The molecule has 0 amide bonds. The average molecular weight is 933 g/mol. The second-order valence-corrected chi connectivity index (χ2v) is 19.7. The summed E-state index contributed by atoms with van der Waals surface area (Å²) < 4.78 is 0. The molecule has 0 radical (unpaired) electrons. The molecule has 1 aliphatic rings. The van der Waals surface area contributed by atoms with Gasteiger partial charge in [-0.15, -0.1) is 0 Å². The Bertz CT molecular complexity index is 3940. The summed E-state index contributed by atoms with van der Waals surface area (Å²) in [6, 6.07) is 103. The van der Waals surface area contributed by atoms with Crippen molar-refractivity contribution in [1.82, 2.24) is 0 Å². The Morgan fingerprint density at radius 2 is 0.767 bits per heavy atom. The first-order chi connectivity index (χ1) is 36.0. The summed E-state index contributed by atoms with van der Waals surface area (Å²) >= 11 is 0. The molecule has 0 unspecified atom stereocenters. The van der Waals surface area contributed by atoms with E-state index >= 15 is 0 Å². The van der Waals surface area contributed by atoms with Crippen LogP contribution in [0.1, 0.15) is 25.0 Å². The summed E-state index contributed by atoms with van der Waals surface area (Å²) in [5, 5.41) is 4.82. The molecule has 0 saturated heterocycles. The smallest absolute Gasteiger partial charge is 0.0546 e. The number of nitrogens with zero attached hydrogens (tertiary/aromatic N) is 2. The molecule has 0 bridgehead atoms. The van der Waals surface area contributed by atoms with Gasteiger partial charge in [-0.1, -0.05) is 226 Å². The minimum absolute atomic E-state index is 0.215. The van der Waals surface area contributed by atoms with E-state index in [2.05, 4.69) is 303 Å². The Morgan fingerprint density at radius 3 is 1.42 bits per heavy atom. The van der Waals surface area contributed by atoms with Gasteiger partial charge in [0.1, 0.15) is 0 Å². The van der Waals surface area contributed by atoms with Crippen molar-refractivity contribution in [3.63, 3.8) is 0 Å². The number of rotatable bonds is 10. The van der Waals surface area contributed by atoms with Gasteiger partial charge < -0.3 is 9.80 Å². The van der Waals surface area contributed by atoms with Gasteiger partial charge in [-0.25, -0.2) is 0 Å². The van der Waals surface area contributed by atoms with Crippen LogP contribution >= 0.6 is 0 Å². The SMILES string of the molecule is CC1(C)c2ccccc2-c2ccc(N(c3cc(-c4cc(-c5ccccc5)c5ccccc5c4-c4ccccc4)cc(N(c4ccccc4)c4ccccc4)c3)c3ccc4ccccc4c3-c3ccccc3)cc21. The monoisotopic (exact) mass is 932 g/mol. The molecule has 2 heteroatoms. The van der Waals surface area contributed by atoms with E-state index in [4.69, 9.17) is 0 Å². The van der Waals surface area contributed by atoms with Crippen molar-refractivity contribution in [2.75, 3.05) is 9.80 Å². The Labute approximate surface area is 428 Å². The quantitative estimate of drug-likeness (QED) is 0.135. The van der Waals surface area contributed by atoms with Crippen molar-refractivity contribution in [2.45, 2.75) is 19.3 Å². The lowest BCUT2D eigenvalue weighted by Gasteiger charge is -2.33. The third kappa shape index (κ3) is 7.67. The third-order valence-electron chi connectivity index (χ3n) is 15.0. The van der Waals surface area contributed by atoms with Gasteiger partial charge in [-0.05, 0) is 149 Å². The summed E-state index contributed by atoms with van der Waals surface area (Å²) in [6.07, 6.45) is 0. The molecule has 0 N–H and O–H groups in total. The second-order valence-electron chi connectivity index (χ2n) is 19.7. The van der Waals surface area contributed by atoms with Crippen molar-refractivity contribution in [3.05, 3.63) is 290 Å². The zero-order valence-corrected chi connectivity index (χ0v) is 41.0. The highest BCUT2D eigenvalue weighted by atomic mass is 15.2. The molecule has 13 rings (SSSR count). The van der Waals surface area contributed by atoms with Crippen LogP contribution in [0.3, 0.4) is 0 Å². The number of para-hydroxylation sites is 2. The van der Waals surface area contributed by atoms with E-state index in [0.29, 0.717) is 0 Å². The van der Waals surface area contributed by atoms with Gasteiger partial charge in [0.15, 0.2) is 0 Å². The van der Waals surface area contributed by atoms with Gasteiger partial charge in [0, 0.05) is 39.4 Å². The minimum atomic E-state index is -0.215. The summed E-state index contributed by atoms with van der Waals surface area (Å²) in [5.41, 5.74) is 20.8. The Hall–Kier alpha value is -9.24. The zero-order valence-electron chi connectivity index (χ0n) is 41.0. The number of benzene rings is 12. The Morgan fingerprint density at radius 1 is 0.260 bits per heavy atom. The van der Waals surface area contributed by atoms with Crippen LogP contribution in [-0.2, 0) is 5.41 Å². The van der Waals surface area contributed by atoms with Gasteiger partial charge in [0.05, 0.1) is 5.69 Å². The van der Waals surface area contributed by atoms with Crippen LogP contribution in [0, 0.1) is 0 Å². The highest BCUT2D eigenvalue weighted by molar-refractivity contribution is 6.12. The maximum atomic E-state index is 2.54. The topological polar surface area (TPSA) is 6.48 Å². The molecule has 12 aromatic rings. The van der Waals surface area contributed by atoms with Crippen molar-refractivity contribution in [2.24, 2.45) is 0 Å². The molecule has 73 heavy (non-hydrogen) atoms. The lowest BCUT2D eigenvalue weighted by atomic mass is 9.82. The number of fused-ring (bicyclic) bond motifs is 5. The summed E-state index contributed by atoms with van der Waals surface area (Å²) in [5.74, 6) is 0. The van der Waals surface area contributed by atoms with Gasteiger partial charge in [0.25, 0.3) is 0 Å². The summed E-state index contributed by atoms with van der Waals surface area (Å²) in [4.78, 5) is 4.95. The highest BCUT2D eigenvalue weighted by Crippen LogP contribution is 2.54. The second kappa shape index (κ2) is 18.2. The largest absolute Gasteiger partial charge is 0.310 e. The third-order valence-corrected chi connectivity index (χ3v) is 15.0. The molecule has 0 fully saturated rings. The summed E-state index contributed by atoms with van der Waals surface area (Å²) in [6.45, 7) is 4.76. The molecule has 12 aromatic carbocycles. The molecule has 0 spiro atoms. The number of hydrogen-bond donors (Lipinski definition) is 0. The van der Waals surface area contributed by atoms with Crippen LogP contribution in [0.25, 0.3) is 77.2 Å². The maximum absolute atomic E-state index is 2.54. The van der Waals surface area contributed by atoms with Crippen LogP contribution in [0.4, 0.5) is 34.1 Å². The van der Waals surface area contributed by atoms with Crippen molar-refractivity contribution < 1.29 is 0 Å². The van der Waals surface area contributed by atoms with Gasteiger partial charge >= 0.3 is 0 Å². The zero-order chi connectivity index (χ0) is 48.9. The van der Waals surface area contributed by atoms with E-state index in [0.717, 1.165) is 50.8 Å². The fourth-order valence-electron chi connectivity index (χ4n) is 11.6. The molecule has 2 nitrogen and oxygen atoms in total. The van der Waals surface area contributed by atoms with E-state index in [-0.39, 0.29) is 5.41 Å². The molecular weight excluding hydrogens is 881 g/mol. The fraction of sp³-hybridized carbons (Fsp3) is 0.0423. The van der Waals surface area contributed by atoms with Crippen LogP contribution in [0.15, 0.2) is 279 Å². The van der Waals surface area contributed by atoms with E-state index in [1.165, 1.54) is 71.6 Å². The Kier molecular flexibility index (Phi) is 10.9. The molecule has 1 aliphatic carbocycles. The molecule has 346 valence electrons. The van der Waals surface area contributed by atoms with E-state index in [1.54, 1.807) is 0 Å². The van der Waals surface area contributed by atoms with Gasteiger partial charge in [-0.3, -0.25) is 0 Å². The lowest BCUT2D eigenvalue weighted by molar-refractivity contribution is 0.660. The van der Waals surface area contributed by atoms with E-state index in [1.807, 2.05) is 0 Å². The minimum Gasteiger partial charge on any atom is -0.310 e. The normalized spacial score (nSPS) is 12.4. The fourth-order valence-corrected chi connectivity index (χ4v) is 11.6. The van der Waals surface area contributed by atoms with Crippen LogP contribution in [0.2, 0.25) is 0 Å². The average Bonchev–Trinajstić information content (AvgIpc) is 3.68. The van der Waals surface area contributed by atoms with Crippen molar-refractivity contribution in [3.8, 4) is 55.6 Å². The molecule has 0 aromatic heterocycles. The van der Waals surface area contributed by atoms with Gasteiger partial charge in [0.2, 0.25) is 0 Å². The first-order valence-corrected chi connectivity index (χ1v) is 25.3. The lowest BCUT2D eigenvalue weighted by Crippen LogP contribution is -2.17. The van der Waals surface area contributed by atoms with Gasteiger partial charge in [-0.2, -0.15) is 0 Å². The van der Waals surface area contributed by atoms with Crippen LogP contribution in [0.5, 0.6) is 0 Å². The molecular formula is C71H52N2. The molecule has 0 aliphatic heterocycles. The number of hydrogen-bond acceptors (Lipinski definition) is 2. The van der Waals surface area contributed by atoms with Crippen LogP contribution < -0.4 is 9.80 Å².